The summed E-state index contributed by atoms with van der Waals surface area (Å²) in [6, 6.07) is 2.61. The van der Waals surface area contributed by atoms with E-state index in [4.69, 9.17) is 5.11 Å². The number of aromatic nitrogens is 1. The normalized spacial score (nSPS) is 10.5. The molecule has 1 N–H and O–H groups in total. The van der Waals surface area contributed by atoms with E-state index in [0.29, 0.717) is 6.54 Å². The molecule has 5 heteroatoms. The number of hydrogen-bond donors (Lipinski definition) is 1. The Morgan fingerprint density at radius 3 is 2.79 bits per heavy atom. The lowest BCUT2D eigenvalue weighted by Crippen LogP contribution is -2.34. The summed E-state index contributed by atoms with van der Waals surface area (Å²) in [5.74, 6) is -0.923. The number of carbonyl (C=O) groups is 1. The fourth-order valence-corrected chi connectivity index (χ4v) is 1.88. The van der Waals surface area contributed by atoms with E-state index in [1.165, 1.54) is 12.3 Å². The Morgan fingerprint density at radius 1 is 1.37 bits per heavy atom. The molecule has 0 atom stereocenters. The lowest BCUT2D eigenvalue weighted by Gasteiger charge is -2.21. The van der Waals surface area contributed by atoms with E-state index in [0.717, 1.165) is 31.7 Å². The van der Waals surface area contributed by atoms with Gasteiger partial charge in [-0.1, -0.05) is 26.2 Å². The molecule has 1 heterocycles. The Morgan fingerprint density at radius 2 is 2.16 bits per heavy atom. The number of pyridine rings is 1. The van der Waals surface area contributed by atoms with Gasteiger partial charge in [-0.05, 0) is 12.5 Å². The first-order chi connectivity index (χ1) is 9.19. The van der Waals surface area contributed by atoms with Crippen LogP contribution in [0.5, 0.6) is 0 Å². The summed E-state index contributed by atoms with van der Waals surface area (Å²) in [7, 11) is 0. The van der Waals surface area contributed by atoms with Crippen LogP contribution in [-0.2, 0) is 0 Å². The van der Waals surface area contributed by atoms with Crippen LogP contribution < -0.4 is 0 Å². The minimum Gasteiger partial charge on any atom is -0.395 e. The van der Waals surface area contributed by atoms with Crippen molar-refractivity contribution in [2.24, 2.45) is 0 Å². The second-order valence-corrected chi connectivity index (χ2v) is 4.44. The number of carbonyl (C=O) groups excluding carboxylic acids is 1. The third-order valence-electron chi connectivity index (χ3n) is 2.91. The van der Waals surface area contributed by atoms with Gasteiger partial charge in [0.05, 0.1) is 6.61 Å². The molecule has 0 unspecified atom stereocenters. The van der Waals surface area contributed by atoms with E-state index in [-0.39, 0.29) is 24.6 Å². The van der Waals surface area contributed by atoms with Crippen LogP contribution in [0.25, 0.3) is 0 Å². The maximum Gasteiger partial charge on any atom is 0.254 e. The number of nitrogens with zero attached hydrogens (tertiary/aromatic N) is 2. The van der Waals surface area contributed by atoms with Gasteiger partial charge in [0.25, 0.3) is 5.91 Å². The van der Waals surface area contributed by atoms with Crippen molar-refractivity contribution in [1.29, 1.82) is 0 Å². The minimum absolute atomic E-state index is 0.0902. The zero-order valence-corrected chi connectivity index (χ0v) is 11.3. The van der Waals surface area contributed by atoms with Crippen molar-refractivity contribution >= 4 is 5.91 Å². The van der Waals surface area contributed by atoms with Crippen LogP contribution >= 0.6 is 0 Å². The van der Waals surface area contributed by atoms with Crippen molar-refractivity contribution in [3.63, 3.8) is 0 Å². The van der Waals surface area contributed by atoms with Crippen LogP contribution in [0.4, 0.5) is 4.39 Å². The van der Waals surface area contributed by atoms with E-state index in [9.17, 15) is 9.18 Å². The molecule has 0 radical (unpaired) electrons. The standard InChI is InChI=1S/C14H21FN2O2/c1-2-3-4-5-8-17(9-10-18)14(19)12-6-7-16-13(15)11-12/h6-7,11,18H,2-5,8-10H2,1H3. The highest BCUT2D eigenvalue weighted by atomic mass is 19.1. The summed E-state index contributed by atoms with van der Waals surface area (Å²) in [6.07, 6.45) is 5.48. The predicted octanol–water partition coefficient (Wildman–Crippen LogP) is 2.24. The first kappa shape index (κ1) is 15.6. The second-order valence-electron chi connectivity index (χ2n) is 4.44. The Balaban J connectivity index is 2.61. The maximum atomic E-state index is 13.0. The highest BCUT2D eigenvalue weighted by Gasteiger charge is 2.15. The largest absolute Gasteiger partial charge is 0.395 e. The molecule has 4 nitrogen and oxygen atoms in total. The summed E-state index contributed by atoms with van der Waals surface area (Å²) < 4.78 is 13.0. The van der Waals surface area contributed by atoms with Gasteiger partial charge >= 0.3 is 0 Å². The fraction of sp³-hybridized carbons (Fsp3) is 0.571. The molecule has 106 valence electrons. The van der Waals surface area contributed by atoms with Crippen molar-refractivity contribution in [3.05, 3.63) is 29.8 Å². The van der Waals surface area contributed by atoms with Crippen LogP contribution in [0.3, 0.4) is 0 Å². The number of halogens is 1. The Kier molecular flexibility index (Phi) is 7.03. The molecule has 0 saturated carbocycles. The zero-order chi connectivity index (χ0) is 14.1. The number of rotatable bonds is 8. The Hall–Kier alpha value is -1.49. The van der Waals surface area contributed by atoms with Crippen molar-refractivity contribution in [2.75, 3.05) is 19.7 Å². The molecular weight excluding hydrogens is 247 g/mol. The SMILES string of the molecule is CCCCCCN(CCO)C(=O)c1ccnc(F)c1. The third-order valence-corrected chi connectivity index (χ3v) is 2.91. The van der Waals surface area contributed by atoms with Gasteiger partial charge in [0, 0.05) is 30.9 Å². The number of unbranched alkanes of at least 4 members (excludes halogenated alkanes) is 3. The molecule has 0 saturated heterocycles. The van der Waals surface area contributed by atoms with Gasteiger partial charge in [0.1, 0.15) is 0 Å². The highest BCUT2D eigenvalue weighted by Crippen LogP contribution is 2.08. The molecule has 0 aromatic carbocycles. The molecule has 1 rings (SSSR count). The topological polar surface area (TPSA) is 53.4 Å². The average Bonchev–Trinajstić information content (AvgIpc) is 2.41. The molecule has 1 amide bonds. The molecule has 0 aliphatic rings. The smallest absolute Gasteiger partial charge is 0.254 e. The molecule has 1 aromatic heterocycles. The van der Waals surface area contributed by atoms with E-state index in [2.05, 4.69) is 11.9 Å². The molecule has 19 heavy (non-hydrogen) atoms. The molecule has 0 aliphatic carbocycles. The molecule has 0 bridgehead atoms. The summed E-state index contributed by atoms with van der Waals surface area (Å²) in [6.45, 7) is 2.89. The van der Waals surface area contributed by atoms with Gasteiger partial charge in [-0.15, -0.1) is 0 Å². The van der Waals surface area contributed by atoms with Crippen molar-refractivity contribution in [1.82, 2.24) is 9.88 Å². The number of hydrogen-bond acceptors (Lipinski definition) is 3. The summed E-state index contributed by atoms with van der Waals surface area (Å²) >= 11 is 0. The van der Waals surface area contributed by atoms with Gasteiger partial charge in [0.2, 0.25) is 5.95 Å². The highest BCUT2D eigenvalue weighted by molar-refractivity contribution is 5.94. The molecular formula is C14H21FN2O2. The van der Waals surface area contributed by atoms with Gasteiger partial charge in [-0.2, -0.15) is 4.39 Å². The summed E-state index contributed by atoms with van der Waals surface area (Å²) in [5.41, 5.74) is 0.274. The molecule has 0 fully saturated rings. The first-order valence-corrected chi connectivity index (χ1v) is 6.70. The molecule has 1 aromatic rings. The monoisotopic (exact) mass is 268 g/mol. The van der Waals surface area contributed by atoms with Gasteiger partial charge in [-0.3, -0.25) is 4.79 Å². The predicted molar refractivity (Wildman–Crippen MR) is 71.3 cm³/mol. The zero-order valence-electron chi connectivity index (χ0n) is 11.3. The second kappa shape index (κ2) is 8.58. The van der Waals surface area contributed by atoms with Crippen LogP contribution in [0.1, 0.15) is 43.0 Å². The van der Waals surface area contributed by atoms with E-state index < -0.39 is 5.95 Å². The van der Waals surface area contributed by atoms with E-state index >= 15 is 0 Å². The average molecular weight is 268 g/mol. The maximum absolute atomic E-state index is 13.0. The van der Waals surface area contributed by atoms with E-state index in [1.807, 2.05) is 0 Å². The molecule has 0 aliphatic heterocycles. The number of aliphatic hydroxyl groups is 1. The Labute approximate surface area is 113 Å². The van der Waals surface area contributed by atoms with Crippen molar-refractivity contribution < 1.29 is 14.3 Å². The first-order valence-electron chi connectivity index (χ1n) is 6.70. The quantitative estimate of drug-likeness (QED) is 0.581. The lowest BCUT2D eigenvalue weighted by molar-refractivity contribution is 0.0717. The van der Waals surface area contributed by atoms with Crippen LogP contribution in [0, 0.1) is 5.95 Å². The summed E-state index contributed by atoms with van der Waals surface area (Å²) in [5, 5.41) is 9.01. The van der Waals surface area contributed by atoms with Gasteiger partial charge in [0.15, 0.2) is 0 Å². The number of aliphatic hydroxyl groups excluding tert-OH is 1. The fourth-order valence-electron chi connectivity index (χ4n) is 1.88. The van der Waals surface area contributed by atoms with Crippen LogP contribution in [-0.4, -0.2) is 40.6 Å². The minimum atomic E-state index is -0.666. The van der Waals surface area contributed by atoms with Crippen molar-refractivity contribution in [3.8, 4) is 0 Å². The van der Waals surface area contributed by atoms with Crippen molar-refractivity contribution in [2.45, 2.75) is 32.6 Å². The lowest BCUT2D eigenvalue weighted by atomic mass is 10.2. The van der Waals surface area contributed by atoms with Crippen LogP contribution in [0.2, 0.25) is 0 Å². The number of amides is 1. The van der Waals surface area contributed by atoms with Gasteiger partial charge < -0.3 is 10.0 Å². The Bertz CT molecular complexity index is 399. The summed E-state index contributed by atoms with van der Waals surface area (Å²) in [4.78, 5) is 17.2. The van der Waals surface area contributed by atoms with E-state index in [1.54, 1.807) is 4.90 Å². The molecule has 0 spiro atoms. The van der Waals surface area contributed by atoms with Crippen LogP contribution in [0.15, 0.2) is 18.3 Å². The third kappa shape index (κ3) is 5.34. The van der Waals surface area contributed by atoms with Gasteiger partial charge in [-0.25, -0.2) is 4.98 Å².